The van der Waals surface area contributed by atoms with Gasteiger partial charge in [-0.25, -0.2) is 0 Å². The molecule has 0 amide bonds. The Morgan fingerprint density at radius 2 is 2.00 bits per heavy atom. The lowest BCUT2D eigenvalue weighted by molar-refractivity contribution is 0.153. The molecule has 4 heteroatoms. The van der Waals surface area contributed by atoms with Crippen LogP contribution >= 0.6 is 0 Å². The molecule has 1 aliphatic carbocycles. The zero-order chi connectivity index (χ0) is 11.7. The molecule has 1 aromatic heterocycles. The van der Waals surface area contributed by atoms with E-state index in [0.29, 0.717) is 12.5 Å². The molecule has 3 rings (SSSR count). The summed E-state index contributed by atoms with van der Waals surface area (Å²) >= 11 is 0. The van der Waals surface area contributed by atoms with E-state index in [1.807, 2.05) is 0 Å². The molecule has 1 unspecified atom stereocenters. The summed E-state index contributed by atoms with van der Waals surface area (Å²) < 4.78 is 0. The fraction of sp³-hybridized carbons (Fsp3) is 0.692. The van der Waals surface area contributed by atoms with Crippen molar-refractivity contribution in [1.29, 1.82) is 0 Å². The Morgan fingerprint density at radius 3 is 2.59 bits per heavy atom. The van der Waals surface area contributed by atoms with Gasteiger partial charge in [-0.15, -0.1) is 5.10 Å². The first-order valence-electron chi connectivity index (χ1n) is 6.59. The summed E-state index contributed by atoms with van der Waals surface area (Å²) in [4.78, 5) is 2.13. The second kappa shape index (κ2) is 4.61. The van der Waals surface area contributed by atoms with E-state index in [2.05, 4.69) is 27.2 Å². The van der Waals surface area contributed by atoms with Gasteiger partial charge in [-0.2, -0.15) is 5.10 Å². The van der Waals surface area contributed by atoms with Crippen molar-refractivity contribution in [3.8, 4) is 0 Å². The summed E-state index contributed by atoms with van der Waals surface area (Å²) in [5.74, 6) is 1.55. The number of anilines is 1. The van der Waals surface area contributed by atoms with Gasteiger partial charge >= 0.3 is 0 Å². The van der Waals surface area contributed by atoms with Gasteiger partial charge in [-0.1, -0.05) is 6.42 Å². The second-order valence-electron chi connectivity index (χ2n) is 5.19. The Balaban J connectivity index is 1.70. The van der Waals surface area contributed by atoms with E-state index in [1.165, 1.54) is 19.3 Å². The molecule has 0 radical (unpaired) electrons. The summed E-state index contributed by atoms with van der Waals surface area (Å²) in [7, 11) is 0. The third kappa shape index (κ3) is 2.27. The van der Waals surface area contributed by atoms with Gasteiger partial charge in [0.25, 0.3) is 0 Å². The van der Waals surface area contributed by atoms with E-state index in [-0.39, 0.29) is 6.10 Å². The molecule has 4 nitrogen and oxygen atoms in total. The molecule has 1 saturated carbocycles. The molecule has 0 spiro atoms. The van der Waals surface area contributed by atoms with E-state index < -0.39 is 0 Å². The van der Waals surface area contributed by atoms with Crippen molar-refractivity contribution in [1.82, 2.24) is 10.2 Å². The number of β-amino-alcohol motifs (C(OH)–C–C–N with tert-alkyl or cyclic N) is 1. The van der Waals surface area contributed by atoms with Crippen molar-refractivity contribution in [2.75, 3.05) is 18.0 Å². The highest BCUT2D eigenvalue weighted by Gasteiger charge is 2.22. The van der Waals surface area contributed by atoms with Gasteiger partial charge < -0.3 is 10.0 Å². The highest BCUT2D eigenvalue weighted by Crippen LogP contribution is 2.35. The van der Waals surface area contributed by atoms with Crippen LogP contribution in [0.3, 0.4) is 0 Å². The van der Waals surface area contributed by atoms with Crippen LogP contribution in [0.1, 0.15) is 43.7 Å². The number of aromatic nitrogens is 2. The van der Waals surface area contributed by atoms with Crippen LogP contribution in [0.4, 0.5) is 5.82 Å². The van der Waals surface area contributed by atoms with Crippen LogP contribution in [0.15, 0.2) is 12.1 Å². The molecule has 17 heavy (non-hydrogen) atoms. The van der Waals surface area contributed by atoms with E-state index in [9.17, 15) is 5.11 Å². The maximum atomic E-state index is 9.64. The van der Waals surface area contributed by atoms with E-state index in [4.69, 9.17) is 0 Å². The summed E-state index contributed by atoms with van der Waals surface area (Å²) in [5.41, 5.74) is 1.14. The molecule has 2 heterocycles. The molecular weight excluding hydrogens is 214 g/mol. The van der Waals surface area contributed by atoms with Gasteiger partial charge in [0.15, 0.2) is 5.82 Å². The van der Waals surface area contributed by atoms with E-state index >= 15 is 0 Å². The first-order chi connectivity index (χ1) is 8.33. The number of aliphatic hydroxyl groups is 1. The topological polar surface area (TPSA) is 49.2 Å². The average molecular weight is 233 g/mol. The third-order valence-electron chi connectivity index (χ3n) is 3.92. The molecule has 0 aromatic carbocycles. The molecule has 1 atom stereocenters. The van der Waals surface area contributed by atoms with E-state index in [0.717, 1.165) is 30.9 Å². The van der Waals surface area contributed by atoms with Gasteiger partial charge in [-0.05, 0) is 37.8 Å². The van der Waals surface area contributed by atoms with Gasteiger partial charge in [0, 0.05) is 19.0 Å². The number of rotatable bonds is 2. The highest BCUT2D eigenvalue weighted by molar-refractivity contribution is 5.38. The maximum Gasteiger partial charge on any atom is 0.151 e. The molecule has 1 N–H and O–H groups in total. The normalized spacial score (nSPS) is 25.7. The minimum Gasteiger partial charge on any atom is -0.391 e. The third-order valence-corrected chi connectivity index (χ3v) is 3.92. The fourth-order valence-corrected chi connectivity index (χ4v) is 2.59. The van der Waals surface area contributed by atoms with Crippen molar-refractivity contribution in [2.24, 2.45) is 0 Å². The van der Waals surface area contributed by atoms with Crippen LogP contribution in [-0.4, -0.2) is 34.5 Å². The van der Waals surface area contributed by atoms with Crippen LogP contribution in [0.5, 0.6) is 0 Å². The van der Waals surface area contributed by atoms with Gasteiger partial charge in [0.2, 0.25) is 0 Å². The molecule has 2 fully saturated rings. The molecule has 2 aliphatic rings. The van der Waals surface area contributed by atoms with Gasteiger partial charge in [0.05, 0.1) is 11.8 Å². The molecule has 92 valence electrons. The summed E-state index contributed by atoms with van der Waals surface area (Å²) in [6.07, 6.45) is 5.58. The van der Waals surface area contributed by atoms with Crippen LogP contribution in [0.2, 0.25) is 0 Å². The molecule has 1 aromatic rings. The molecule has 1 saturated heterocycles. The van der Waals surface area contributed by atoms with Crippen molar-refractivity contribution in [3.63, 3.8) is 0 Å². The Kier molecular flexibility index (Phi) is 2.97. The number of nitrogens with zero attached hydrogens (tertiary/aromatic N) is 3. The largest absolute Gasteiger partial charge is 0.391 e. The highest BCUT2D eigenvalue weighted by atomic mass is 16.3. The predicted molar refractivity (Wildman–Crippen MR) is 66.1 cm³/mol. The van der Waals surface area contributed by atoms with E-state index in [1.54, 1.807) is 0 Å². The van der Waals surface area contributed by atoms with Crippen molar-refractivity contribution < 1.29 is 5.11 Å². The zero-order valence-corrected chi connectivity index (χ0v) is 10.0. The number of hydrogen-bond acceptors (Lipinski definition) is 4. The lowest BCUT2D eigenvalue weighted by Crippen LogP contribution is -2.38. The first kappa shape index (κ1) is 11.0. The SMILES string of the molecule is OC1CCCN(c2ccc(C3CCC3)nn2)C1. The van der Waals surface area contributed by atoms with Crippen molar-refractivity contribution in [2.45, 2.75) is 44.1 Å². The Morgan fingerprint density at radius 1 is 1.12 bits per heavy atom. The summed E-state index contributed by atoms with van der Waals surface area (Å²) in [6.45, 7) is 1.67. The monoisotopic (exact) mass is 233 g/mol. The number of piperidine rings is 1. The number of aliphatic hydroxyl groups excluding tert-OH is 1. The van der Waals surface area contributed by atoms with Crippen LogP contribution in [0.25, 0.3) is 0 Å². The predicted octanol–water partition coefficient (Wildman–Crippen LogP) is 1.71. The quantitative estimate of drug-likeness (QED) is 0.844. The molecule has 0 bridgehead atoms. The van der Waals surface area contributed by atoms with Crippen LogP contribution in [-0.2, 0) is 0 Å². The maximum absolute atomic E-state index is 9.64. The second-order valence-corrected chi connectivity index (χ2v) is 5.19. The standard InChI is InChI=1S/C13H19N3O/c17-11-5-2-8-16(9-11)13-7-6-12(14-15-13)10-3-1-4-10/h6-7,10-11,17H,1-5,8-9H2. The zero-order valence-electron chi connectivity index (χ0n) is 10.0. The van der Waals surface area contributed by atoms with Crippen molar-refractivity contribution >= 4 is 5.82 Å². The minimum absolute atomic E-state index is 0.211. The van der Waals surface area contributed by atoms with Crippen molar-refractivity contribution in [3.05, 3.63) is 17.8 Å². The van der Waals surface area contributed by atoms with Gasteiger partial charge in [-0.3, -0.25) is 0 Å². The van der Waals surface area contributed by atoms with Gasteiger partial charge in [0.1, 0.15) is 0 Å². The Bertz CT molecular complexity index is 375. The lowest BCUT2D eigenvalue weighted by atomic mass is 9.83. The summed E-state index contributed by atoms with van der Waals surface area (Å²) in [6, 6.07) is 4.16. The Labute approximate surface area is 102 Å². The van der Waals surface area contributed by atoms with Crippen LogP contribution in [0, 0.1) is 0 Å². The average Bonchev–Trinajstić information content (AvgIpc) is 2.28. The summed E-state index contributed by atoms with van der Waals surface area (Å²) in [5, 5.41) is 18.3. The minimum atomic E-state index is -0.211. The Hall–Kier alpha value is -1.16. The molecule has 1 aliphatic heterocycles. The first-order valence-corrected chi connectivity index (χ1v) is 6.59. The fourth-order valence-electron chi connectivity index (χ4n) is 2.59. The molecular formula is C13H19N3O. The number of hydrogen-bond donors (Lipinski definition) is 1. The lowest BCUT2D eigenvalue weighted by Gasteiger charge is -2.31. The van der Waals surface area contributed by atoms with Crippen LogP contribution < -0.4 is 4.90 Å². The smallest absolute Gasteiger partial charge is 0.151 e.